The smallest absolute Gasteiger partial charge is 0.271 e. The van der Waals surface area contributed by atoms with Crippen LogP contribution in [0.2, 0.25) is 0 Å². The van der Waals surface area contributed by atoms with Crippen molar-refractivity contribution in [3.05, 3.63) is 53.2 Å². The highest BCUT2D eigenvalue weighted by molar-refractivity contribution is 5.92. The van der Waals surface area contributed by atoms with Crippen LogP contribution < -0.4 is 5.73 Å². The largest absolute Gasteiger partial charge is 0.364 e. The van der Waals surface area contributed by atoms with Crippen LogP contribution in [0.25, 0.3) is 11.4 Å². The zero-order chi connectivity index (χ0) is 18.8. The van der Waals surface area contributed by atoms with E-state index in [9.17, 15) is 9.59 Å². The van der Waals surface area contributed by atoms with Gasteiger partial charge < -0.3 is 19.7 Å². The van der Waals surface area contributed by atoms with Crippen molar-refractivity contribution in [1.29, 1.82) is 0 Å². The van der Waals surface area contributed by atoms with Crippen LogP contribution in [-0.2, 0) is 24.2 Å². The van der Waals surface area contributed by atoms with Crippen LogP contribution in [0.4, 0.5) is 0 Å². The van der Waals surface area contributed by atoms with Crippen molar-refractivity contribution < 1.29 is 18.6 Å². The van der Waals surface area contributed by atoms with E-state index in [0.29, 0.717) is 42.4 Å². The van der Waals surface area contributed by atoms with Crippen LogP contribution in [0, 0.1) is 0 Å². The van der Waals surface area contributed by atoms with E-state index in [1.54, 1.807) is 4.90 Å². The molecule has 0 saturated carbocycles. The summed E-state index contributed by atoms with van der Waals surface area (Å²) in [5.41, 5.74) is 6.83. The summed E-state index contributed by atoms with van der Waals surface area (Å²) in [5, 5.41) is 7.64. The Labute approximate surface area is 154 Å². The SMILES string of the molecule is NC(=O)c1noc2c1CN(C(=O)CCc1nc(-c3ccccc3)no1)CC2. The molecule has 3 aromatic rings. The van der Waals surface area contributed by atoms with Crippen molar-refractivity contribution in [1.82, 2.24) is 20.2 Å². The van der Waals surface area contributed by atoms with Gasteiger partial charge in [0.1, 0.15) is 5.76 Å². The quantitative estimate of drug-likeness (QED) is 0.720. The average Bonchev–Trinajstić information content (AvgIpc) is 3.33. The second-order valence-corrected chi connectivity index (χ2v) is 6.24. The van der Waals surface area contributed by atoms with Crippen molar-refractivity contribution in [3.8, 4) is 11.4 Å². The Kier molecular flexibility index (Phi) is 4.41. The molecule has 1 aromatic carbocycles. The zero-order valence-corrected chi connectivity index (χ0v) is 14.4. The third kappa shape index (κ3) is 3.43. The van der Waals surface area contributed by atoms with Crippen LogP contribution in [-0.4, -0.2) is 38.6 Å². The third-order valence-corrected chi connectivity index (χ3v) is 4.47. The molecular weight excluding hydrogens is 350 g/mol. The lowest BCUT2D eigenvalue weighted by Gasteiger charge is -2.25. The van der Waals surface area contributed by atoms with Crippen molar-refractivity contribution in [2.24, 2.45) is 5.73 Å². The summed E-state index contributed by atoms with van der Waals surface area (Å²) in [5.74, 6) is 0.779. The Balaban J connectivity index is 1.38. The summed E-state index contributed by atoms with van der Waals surface area (Å²) < 4.78 is 10.4. The molecule has 0 fully saturated rings. The van der Waals surface area contributed by atoms with E-state index in [0.717, 1.165) is 5.56 Å². The minimum Gasteiger partial charge on any atom is -0.364 e. The molecule has 9 heteroatoms. The number of carbonyl (C=O) groups excluding carboxylic acids is 2. The van der Waals surface area contributed by atoms with Crippen LogP contribution in [0.5, 0.6) is 0 Å². The number of nitrogens with two attached hydrogens (primary N) is 1. The number of primary amides is 1. The maximum Gasteiger partial charge on any atom is 0.271 e. The Hall–Kier alpha value is -3.49. The van der Waals surface area contributed by atoms with Crippen LogP contribution >= 0.6 is 0 Å². The highest BCUT2D eigenvalue weighted by Gasteiger charge is 2.28. The number of rotatable bonds is 5. The highest BCUT2D eigenvalue weighted by Crippen LogP contribution is 2.23. The number of hydrogen-bond donors (Lipinski definition) is 1. The monoisotopic (exact) mass is 367 g/mol. The van der Waals surface area contributed by atoms with Crippen molar-refractivity contribution in [2.75, 3.05) is 6.54 Å². The molecule has 3 heterocycles. The van der Waals surface area contributed by atoms with Gasteiger partial charge in [0.05, 0.1) is 6.54 Å². The molecule has 1 aliphatic rings. The van der Waals surface area contributed by atoms with E-state index in [4.69, 9.17) is 14.8 Å². The summed E-state index contributed by atoms with van der Waals surface area (Å²) in [4.78, 5) is 29.9. The highest BCUT2D eigenvalue weighted by atomic mass is 16.5. The van der Waals surface area contributed by atoms with Gasteiger partial charge in [0.15, 0.2) is 5.69 Å². The molecule has 2 amide bonds. The zero-order valence-electron chi connectivity index (χ0n) is 14.4. The average molecular weight is 367 g/mol. The van der Waals surface area contributed by atoms with Crippen molar-refractivity contribution in [2.45, 2.75) is 25.8 Å². The number of benzene rings is 1. The van der Waals surface area contributed by atoms with Crippen molar-refractivity contribution >= 4 is 11.8 Å². The van der Waals surface area contributed by atoms with Crippen LogP contribution in [0.1, 0.15) is 34.1 Å². The van der Waals surface area contributed by atoms with E-state index in [-0.39, 0.29) is 24.6 Å². The number of amides is 2. The maximum atomic E-state index is 12.5. The van der Waals surface area contributed by atoms with Gasteiger partial charge in [-0.2, -0.15) is 4.98 Å². The molecule has 1 aliphatic heterocycles. The lowest BCUT2D eigenvalue weighted by Crippen LogP contribution is -2.36. The molecule has 0 atom stereocenters. The van der Waals surface area contributed by atoms with Gasteiger partial charge in [0.25, 0.3) is 5.91 Å². The molecule has 4 rings (SSSR count). The second kappa shape index (κ2) is 7.02. The van der Waals surface area contributed by atoms with E-state index in [1.165, 1.54) is 0 Å². The normalized spacial score (nSPS) is 13.4. The van der Waals surface area contributed by atoms with Crippen molar-refractivity contribution in [3.63, 3.8) is 0 Å². The topological polar surface area (TPSA) is 128 Å². The van der Waals surface area contributed by atoms with Gasteiger partial charge in [-0.25, -0.2) is 0 Å². The molecule has 138 valence electrons. The van der Waals surface area contributed by atoms with E-state index in [1.807, 2.05) is 30.3 Å². The first-order valence-electron chi connectivity index (χ1n) is 8.55. The summed E-state index contributed by atoms with van der Waals surface area (Å²) in [6.07, 6.45) is 1.07. The number of hydrogen-bond acceptors (Lipinski definition) is 7. The number of aryl methyl sites for hydroxylation is 1. The van der Waals surface area contributed by atoms with Gasteiger partial charge >= 0.3 is 0 Å². The van der Waals surface area contributed by atoms with E-state index < -0.39 is 5.91 Å². The van der Waals surface area contributed by atoms with E-state index >= 15 is 0 Å². The van der Waals surface area contributed by atoms with Gasteiger partial charge in [-0.3, -0.25) is 9.59 Å². The minimum atomic E-state index is -0.659. The molecule has 9 nitrogen and oxygen atoms in total. The predicted octanol–water partition coefficient (Wildman–Crippen LogP) is 1.34. The van der Waals surface area contributed by atoms with Gasteiger partial charge in [-0.05, 0) is 0 Å². The third-order valence-electron chi connectivity index (χ3n) is 4.47. The summed E-state index contributed by atoms with van der Waals surface area (Å²) >= 11 is 0. The summed E-state index contributed by atoms with van der Waals surface area (Å²) in [6, 6.07) is 9.47. The lowest BCUT2D eigenvalue weighted by atomic mass is 10.1. The summed E-state index contributed by atoms with van der Waals surface area (Å²) in [7, 11) is 0. The lowest BCUT2D eigenvalue weighted by molar-refractivity contribution is -0.132. The first-order chi connectivity index (χ1) is 13.1. The van der Waals surface area contributed by atoms with E-state index in [2.05, 4.69) is 15.3 Å². The Bertz CT molecular complexity index is 979. The molecule has 0 aliphatic carbocycles. The number of aromatic nitrogens is 3. The Morgan fingerprint density at radius 1 is 1.15 bits per heavy atom. The van der Waals surface area contributed by atoms with Gasteiger partial charge in [0.2, 0.25) is 17.6 Å². The molecule has 0 unspecified atom stereocenters. The fraction of sp³-hybridized carbons (Fsp3) is 0.278. The molecule has 2 N–H and O–H groups in total. The minimum absolute atomic E-state index is 0.0725. The Morgan fingerprint density at radius 2 is 1.96 bits per heavy atom. The molecular formula is C18H17N5O4. The van der Waals surface area contributed by atoms with Gasteiger partial charge in [0, 0.05) is 36.9 Å². The Morgan fingerprint density at radius 3 is 2.74 bits per heavy atom. The first kappa shape index (κ1) is 17.0. The molecule has 0 spiro atoms. The van der Waals surface area contributed by atoms with Crippen LogP contribution in [0.3, 0.4) is 0 Å². The fourth-order valence-corrected chi connectivity index (χ4v) is 3.05. The van der Waals surface area contributed by atoms with Gasteiger partial charge in [-0.15, -0.1) is 0 Å². The first-order valence-corrected chi connectivity index (χ1v) is 8.55. The fourth-order valence-electron chi connectivity index (χ4n) is 3.05. The molecule has 0 saturated heterocycles. The number of fused-ring (bicyclic) bond motifs is 1. The standard InChI is InChI=1S/C18H17N5O4/c19-17(25)16-12-10-23(9-8-13(12)26-21-16)15(24)7-6-14-20-18(22-27-14)11-4-2-1-3-5-11/h1-5H,6-10H2,(H2,19,25). The maximum absolute atomic E-state index is 12.5. The predicted molar refractivity (Wildman–Crippen MR) is 92.2 cm³/mol. The number of nitrogens with zero attached hydrogens (tertiary/aromatic N) is 4. The molecule has 2 aromatic heterocycles. The second-order valence-electron chi connectivity index (χ2n) is 6.24. The molecule has 27 heavy (non-hydrogen) atoms. The van der Waals surface area contributed by atoms with Crippen LogP contribution in [0.15, 0.2) is 39.4 Å². The molecule has 0 bridgehead atoms. The summed E-state index contributed by atoms with van der Waals surface area (Å²) in [6.45, 7) is 0.757. The van der Waals surface area contributed by atoms with Gasteiger partial charge in [-0.1, -0.05) is 40.6 Å². The molecule has 0 radical (unpaired) electrons. The number of carbonyl (C=O) groups is 2.